The topological polar surface area (TPSA) is 57.6 Å². The molecular formula is C15H19NO3. The SMILES string of the molecule is C[C@H](c1ccc(CO)cc1)[C@]1(C)CC(=O)N(C)C1=O. The van der Waals surface area contributed by atoms with Crippen molar-refractivity contribution in [1.82, 2.24) is 4.90 Å². The minimum atomic E-state index is -0.674. The molecule has 0 unspecified atom stereocenters. The van der Waals surface area contributed by atoms with E-state index in [-0.39, 0.29) is 30.8 Å². The van der Waals surface area contributed by atoms with Crippen molar-refractivity contribution in [2.45, 2.75) is 32.8 Å². The standard InChI is InChI=1S/C15H19NO3/c1-10(12-6-4-11(9-17)5-7-12)15(2)8-13(18)16(3)14(15)19/h4-7,10,17H,8-9H2,1-3H3/t10-,15+/m1/s1. The molecule has 1 aromatic carbocycles. The van der Waals surface area contributed by atoms with Crippen molar-refractivity contribution in [2.75, 3.05) is 7.05 Å². The molecule has 0 aromatic heterocycles. The first kappa shape index (κ1) is 13.7. The molecular weight excluding hydrogens is 242 g/mol. The first-order valence-electron chi connectivity index (χ1n) is 6.41. The molecule has 2 atom stereocenters. The maximum absolute atomic E-state index is 12.2. The number of rotatable bonds is 3. The molecule has 1 saturated heterocycles. The molecule has 1 fully saturated rings. The minimum Gasteiger partial charge on any atom is -0.392 e. The molecule has 1 heterocycles. The highest BCUT2D eigenvalue weighted by Gasteiger charge is 2.50. The molecule has 1 N–H and O–H groups in total. The van der Waals surface area contributed by atoms with Crippen LogP contribution in [0.5, 0.6) is 0 Å². The average molecular weight is 261 g/mol. The molecule has 0 bridgehead atoms. The third-order valence-corrected chi connectivity index (χ3v) is 4.30. The number of hydrogen-bond acceptors (Lipinski definition) is 3. The van der Waals surface area contributed by atoms with Crippen molar-refractivity contribution in [3.8, 4) is 0 Å². The summed E-state index contributed by atoms with van der Waals surface area (Å²) in [6.07, 6.45) is 0.255. The zero-order chi connectivity index (χ0) is 14.2. The molecule has 0 saturated carbocycles. The molecule has 4 nitrogen and oxygen atoms in total. The van der Waals surface area contributed by atoms with Crippen molar-refractivity contribution in [3.63, 3.8) is 0 Å². The summed E-state index contributed by atoms with van der Waals surface area (Å²) in [6.45, 7) is 3.83. The van der Waals surface area contributed by atoms with Crippen LogP contribution in [-0.4, -0.2) is 28.9 Å². The van der Waals surface area contributed by atoms with Gasteiger partial charge in [0.2, 0.25) is 11.8 Å². The van der Waals surface area contributed by atoms with E-state index in [4.69, 9.17) is 5.11 Å². The lowest BCUT2D eigenvalue weighted by molar-refractivity contribution is -0.139. The first-order valence-corrected chi connectivity index (χ1v) is 6.41. The zero-order valence-corrected chi connectivity index (χ0v) is 11.5. The van der Waals surface area contributed by atoms with Gasteiger partial charge < -0.3 is 5.11 Å². The maximum Gasteiger partial charge on any atom is 0.235 e. The Labute approximate surface area is 113 Å². The van der Waals surface area contributed by atoms with E-state index in [9.17, 15) is 9.59 Å². The van der Waals surface area contributed by atoms with Crippen LogP contribution >= 0.6 is 0 Å². The van der Waals surface area contributed by atoms with Crippen molar-refractivity contribution >= 4 is 11.8 Å². The lowest BCUT2D eigenvalue weighted by atomic mass is 9.73. The second-order valence-electron chi connectivity index (χ2n) is 5.47. The van der Waals surface area contributed by atoms with Gasteiger partial charge in [0.25, 0.3) is 0 Å². The summed E-state index contributed by atoms with van der Waals surface area (Å²) in [4.78, 5) is 25.2. The fraction of sp³-hybridized carbons (Fsp3) is 0.467. The van der Waals surface area contributed by atoms with E-state index in [2.05, 4.69) is 0 Å². The predicted molar refractivity (Wildman–Crippen MR) is 71.3 cm³/mol. The van der Waals surface area contributed by atoms with E-state index in [1.54, 1.807) is 0 Å². The molecule has 19 heavy (non-hydrogen) atoms. The molecule has 102 valence electrons. The Bertz CT molecular complexity index is 509. The third-order valence-electron chi connectivity index (χ3n) is 4.30. The van der Waals surface area contributed by atoms with Gasteiger partial charge in [0.15, 0.2) is 0 Å². The molecule has 1 aliphatic heterocycles. The van der Waals surface area contributed by atoms with E-state index >= 15 is 0 Å². The summed E-state index contributed by atoms with van der Waals surface area (Å²) in [5.74, 6) is -0.274. The van der Waals surface area contributed by atoms with E-state index in [0.717, 1.165) is 11.1 Å². The lowest BCUT2D eigenvalue weighted by Gasteiger charge is -2.29. The molecule has 1 aromatic rings. The Kier molecular flexibility index (Phi) is 3.45. The van der Waals surface area contributed by atoms with Crippen LogP contribution in [0.25, 0.3) is 0 Å². The Hall–Kier alpha value is -1.68. The van der Waals surface area contributed by atoms with Gasteiger partial charge in [-0.1, -0.05) is 31.2 Å². The van der Waals surface area contributed by atoms with Gasteiger partial charge in [-0.3, -0.25) is 14.5 Å². The average Bonchev–Trinajstić information content (AvgIpc) is 2.63. The van der Waals surface area contributed by atoms with Crippen LogP contribution < -0.4 is 0 Å². The Morgan fingerprint density at radius 3 is 2.32 bits per heavy atom. The van der Waals surface area contributed by atoms with Crippen molar-refractivity contribution in [2.24, 2.45) is 5.41 Å². The molecule has 0 radical (unpaired) electrons. The fourth-order valence-corrected chi connectivity index (χ4v) is 2.62. The largest absolute Gasteiger partial charge is 0.392 e. The zero-order valence-electron chi connectivity index (χ0n) is 11.5. The molecule has 1 aliphatic rings. The number of aliphatic hydroxyl groups excluding tert-OH is 1. The summed E-state index contributed by atoms with van der Waals surface area (Å²) >= 11 is 0. The Balaban J connectivity index is 2.30. The molecule has 0 spiro atoms. The van der Waals surface area contributed by atoms with Gasteiger partial charge in [-0.05, 0) is 24.0 Å². The van der Waals surface area contributed by atoms with Crippen molar-refractivity contribution in [3.05, 3.63) is 35.4 Å². The van der Waals surface area contributed by atoms with Gasteiger partial charge in [-0.2, -0.15) is 0 Å². The van der Waals surface area contributed by atoms with Crippen LogP contribution in [0.2, 0.25) is 0 Å². The van der Waals surface area contributed by atoms with E-state index in [1.807, 2.05) is 38.1 Å². The Morgan fingerprint density at radius 1 is 1.32 bits per heavy atom. The van der Waals surface area contributed by atoms with Crippen LogP contribution in [0.3, 0.4) is 0 Å². The predicted octanol–water partition coefficient (Wildman–Crippen LogP) is 1.68. The van der Waals surface area contributed by atoms with Crippen LogP contribution in [-0.2, 0) is 16.2 Å². The monoisotopic (exact) mass is 261 g/mol. The van der Waals surface area contributed by atoms with Crippen molar-refractivity contribution in [1.29, 1.82) is 0 Å². The van der Waals surface area contributed by atoms with Gasteiger partial charge in [0.05, 0.1) is 12.0 Å². The number of aliphatic hydroxyl groups is 1. The second-order valence-corrected chi connectivity index (χ2v) is 5.47. The second kappa shape index (κ2) is 4.78. The summed E-state index contributed by atoms with van der Waals surface area (Å²) in [7, 11) is 1.54. The number of likely N-dealkylation sites (tertiary alicyclic amines) is 1. The number of benzene rings is 1. The van der Waals surface area contributed by atoms with Gasteiger partial charge in [0.1, 0.15) is 0 Å². The number of carbonyl (C=O) groups excluding carboxylic acids is 2. The van der Waals surface area contributed by atoms with Gasteiger partial charge in [0, 0.05) is 13.5 Å². The van der Waals surface area contributed by atoms with E-state index in [1.165, 1.54) is 11.9 Å². The third kappa shape index (κ3) is 2.16. The summed E-state index contributed by atoms with van der Waals surface area (Å²) < 4.78 is 0. The van der Waals surface area contributed by atoms with E-state index in [0.29, 0.717) is 0 Å². The highest BCUT2D eigenvalue weighted by molar-refractivity contribution is 6.05. The lowest BCUT2D eigenvalue weighted by Crippen LogP contribution is -2.34. The van der Waals surface area contributed by atoms with Gasteiger partial charge >= 0.3 is 0 Å². The van der Waals surface area contributed by atoms with E-state index < -0.39 is 5.41 Å². The summed E-state index contributed by atoms with van der Waals surface area (Å²) in [6, 6.07) is 7.52. The summed E-state index contributed by atoms with van der Waals surface area (Å²) in [5, 5.41) is 9.04. The van der Waals surface area contributed by atoms with Crippen LogP contribution in [0.15, 0.2) is 24.3 Å². The number of imide groups is 1. The van der Waals surface area contributed by atoms with Crippen LogP contribution in [0.4, 0.5) is 0 Å². The molecule has 0 aliphatic carbocycles. The van der Waals surface area contributed by atoms with Crippen molar-refractivity contribution < 1.29 is 14.7 Å². The quantitative estimate of drug-likeness (QED) is 0.842. The minimum absolute atomic E-state index is 0.00603. The normalized spacial score (nSPS) is 24.9. The number of amides is 2. The summed E-state index contributed by atoms with van der Waals surface area (Å²) in [5.41, 5.74) is 1.18. The fourth-order valence-electron chi connectivity index (χ4n) is 2.62. The molecule has 2 amide bonds. The highest BCUT2D eigenvalue weighted by Crippen LogP contribution is 2.44. The van der Waals surface area contributed by atoms with Gasteiger partial charge in [-0.15, -0.1) is 0 Å². The van der Waals surface area contributed by atoms with Crippen LogP contribution in [0.1, 0.15) is 37.3 Å². The highest BCUT2D eigenvalue weighted by atomic mass is 16.3. The maximum atomic E-state index is 12.2. The molecule has 4 heteroatoms. The number of carbonyl (C=O) groups is 2. The molecule has 2 rings (SSSR count). The Morgan fingerprint density at radius 2 is 1.89 bits per heavy atom. The first-order chi connectivity index (χ1) is 8.90. The van der Waals surface area contributed by atoms with Gasteiger partial charge in [-0.25, -0.2) is 0 Å². The van der Waals surface area contributed by atoms with Crippen LogP contribution in [0, 0.1) is 5.41 Å². The number of hydrogen-bond donors (Lipinski definition) is 1. The number of nitrogens with zero attached hydrogens (tertiary/aromatic N) is 1. The smallest absolute Gasteiger partial charge is 0.235 e.